The van der Waals surface area contributed by atoms with E-state index in [1.165, 1.54) is 0 Å². The molecule has 0 radical (unpaired) electrons. The third-order valence-electron chi connectivity index (χ3n) is 2.18. The third-order valence-corrected chi connectivity index (χ3v) is 2.85. The van der Waals surface area contributed by atoms with Crippen LogP contribution < -0.4 is 10.6 Å². The van der Waals surface area contributed by atoms with Gasteiger partial charge in [-0.25, -0.2) is 0 Å². The second-order valence-corrected chi connectivity index (χ2v) is 4.85. The predicted molar refractivity (Wildman–Crippen MR) is 74.8 cm³/mol. The Bertz CT molecular complexity index is 421. The van der Waals surface area contributed by atoms with Crippen molar-refractivity contribution in [3.05, 3.63) is 33.4 Å². The molecule has 1 rings (SSSR count). The largest absolute Gasteiger partial charge is 0.355 e. The van der Waals surface area contributed by atoms with Crippen molar-refractivity contribution < 1.29 is 9.59 Å². The van der Waals surface area contributed by atoms with E-state index in [9.17, 15) is 9.59 Å². The zero-order valence-electron chi connectivity index (χ0n) is 9.79. The van der Waals surface area contributed by atoms with Crippen molar-refractivity contribution in [2.45, 2.75) is 19.9 Å². The van der Waals surface area contributed by atoms with Crippen molar-refractivity contribution >= 4 is 34.4 Å². The van der Waals surface area contributed by atoms with Gasteiger partial charge in [-0.05, 0) is 54.6 Å². The van der Waals surface area contributed by atoms with E-state index in [-0.39, 0.29) is 11.8 Å². The summed E-state index contributed by atoms with van der Waals surface area (Å²) in [6, 6.07) is 6.70. The van der Waals surface area contributed by atoms with Crippen LogP contribution >= 0.6 is 22.6 Å². The molecule has 2 amide bonds. The normalized spacial score (nSPS) is 11.7. The number of halogens is 1. The molecule has 0 bridgehead atoms. The van der Waals surface area contributed by atoms with E-state index < -0.39 is 6.04 Å². The van der Waals surface area contributed by atoms with Gasteiger partial charge in [-0.15, -0.1) is 0 Å². The minimum atomic E-state index is -0.527. The molecule has 0 fully saturated rings. The molecule has 4 nitrogen and oxygen atoms in total. The number of benzene rings is 1. The first-order chi connectivity index (χ1) is 8.04. The van der Waals surface area contributed by atoms with E-state index in [2.05, 4.69) is 33.2 Å². The predicted octanol–water partition coefficient (Wildman–Crippen LogP) is 1.55. The van der Waals surface area contributed by atoms with E-state index in [4.69, 9.17) is 0 Å². The van der Waals surface area contributed by atoms with Crippen LogP contribution in [0, 0.1) is 3.57 Å². The number of likely N-dealkylation sites (N-methyl/N-ethyl adjacent to an activating group) is 1. The van der Waals surface area contributed by atoms with Crippen molar-refractivity contribution in [2.75, 3.05) is 6.54 Å². The highest BCUT2D eigenvalue weighted by Gasteiger charge is 2.15. The maximum atomic E-state index is 11.8. The van der Waals surface area contributed by atoms with Gasteiger partial charge >= 0.3 is 0 Å². The molecule has 0 aliphatic heterocycles. The van der Waals surface area contributed by atoms with E-state index in [0.717, 1.165) is 3.57 Å². The summed E-state index contributed by atoms with van der Waals surface area (Å²) in [4.78, 5) is 23.3. The molecule has 1 unspecified atom stereocenters. The lowest BCUT2D eigenvalue weighted by molar-refractivity contribution is -0.122. The molecule has 5 heteroatoms. The standard InChI is InChI=1S/C12H15IN2O2/c1-3-14-11(16)8(2)15-12(17)9-5-4-6-10(13)7-9/h4-8H,3H2,1-2H3,(H,14,16)(H,15,17). The van der Waals surface area contributed by atoms with Gasteiger partial charge in [0.2, 0.25) is 5.91 Å². The van der Waals surface area contributed by atoms with Crippen LogP contribution in [0.1, 0.15) is 24.2 Å². The van der Waals surface area contributed by atoms with Crippen LogP contribution in [-0.2, 0) is 4.79 Å². The van der Waals surface area contributed by atoms with Gasteiger partial charge in [0.05, 0.1) is 0 Å². The lowest BCUT2D eigenvalue weighted by Crippen LogP contribution is -2.44. The maximum Gasteiger partial charge on any atom is 0.251 e. The molecule has 1 aromatic rings. The molecule has 0 heterocycles. The molecular weight excluding hydrogens is 331 g/mol. The van der Waals surface area contributed by atoms with Gasteiger partial charge in [0.1, 0.15) is 6.04 Å². The summed E-state index contributed by atoms with van der Waals surface area (Å²) >= 11 is 2.14. The lowest BCUT2D eigenvalue weighted by Gasteiger charge is -2.13. The highest BCUT2D eigenvalue weighted by molar-refractivity contribution is 14.1. The average molecular weight is 346 g/mol. The third kappa shape index (κ3) is 4.33. The average Bonchev–Trinajstić information content (AvgIpc) is 2.29. The van der Waals surface area contributed by atoms with Crippen molar-refractivity contribution in [1.29, 1.82) is 0 Å². The van der Waals surface area contributed by atoms with Gasteiger partial charge in [-0.3, -0.25) is 9.59 Å². The zero-order valence-corrected chi connectivity index (χ0v) is 11.9. The van der Waals surface area contributed by atoms with Crippen molar-refractivity contribution in [3.63, 3.8) is 0 Å². The van der Waals surface area contributed by atoms with Crippen LogP contribution in [0.5, 0.6) is 0 Å². The highest BCUT2D eigenvalue weighted by atomic mass is 127. The topological polar surface area (TPSA) is 58.2 Å². The number of carbonyl (C=O) groups excluding carboxylic acids is 2. The van der Waals surface area contributed by atoms with E-state index in [1.807, 2.05) is 19.1 Å². The first-order valence-electron chi connectivity index (χ1n) is 5.38. The van der Waals surface area contributed by atoms with Gasteiger partial charge in [-0.1, -0.05) is 6.07 Å². The molecule has 1 atom stereocenters. The Kier molecular flexibility index (Phi) is 5.40. The van der Waals surface area contributed by atoms with Crippen LogP contribution in [0.25, 0.3) is 0 Å². The SMILES string of the molecule is CCNC(=O)C(C)NC(=O)c1cccc(I)c1. The fraction of sp³-hybridized carbons (Fsp3) is 0.333. The quantitative estimate of drug-likeness (QED) is 0.813. The molecule has 2 N–H and O–H groups in total. The molecule has 17 heavy (non-hydrogen) atoms. The lowest BCUT2D eigenvalue weighted by atomic mass is 10.2. The minimum absolute atomic E-state index is 0.175. The summed E-state index contributed by atoms with van der Waals surface area (Å²) in [5, 5.41) is 5.31. The highest BCUT2D eigenvalue weighted by Crippen LogP contribution is 2.07. The first-order valence-corrected chi connectivity index (χ1v) is 6.46. The second kappa shape index (κ2) is 6.58. The van der Waals surface area contributed by atoms with E-state index in [0.29, 0.717) is 12.1 Å². The summed E-state index contributed by atoms with van der Waals surface area (Å²) in [7, 11) is 0. The molecule has 0 saturated heterocycles. The van der Waals surface area contributed by atoms with Gasteiger partial charge in [0, 0.05) is 15.7 Å². The van der Waals surface area contributed by atoms with Crippen molar-refractivity contribution in [2.24, 2.45) is 0 Å². The van der Waals surface area contributed by atoms with Crippen molar-refractivity contribution in [1.82, 2.24) is 10.6 Å². The molecule has 0 aromatic heterocycles. The summed E-state index contributed by atoms with van der Waals surface area (Å²) in [5.74, 6) is -0.409. The Morgan fingerprint density at radius 1 is 1.41 bits per heavy atom. The maximum absolute atomic E-state index is 11.8. The van der Waals surface area contributed by atoms with Crippen LogP contribution in [-0.4, -0.2) is 24.4 Å². The van der Waals surface area contributed by atoms with Crippen molar-refractivity contribution in [3.8, 4) is 0 Å². The van der Waals surface area contributed by atoms with Crippen LogP contribution in [0.4, 0.5) is 0 Å². The molecule has 0 aliphatic rings. The van der Waals surface area contributed by atoms with Gasteiger partial charge in [0.15, 0.2) is 0 Å². The molecule has 1 aromatic carbocycles. The van der Waals surface area contributed by atoms with E-state index >= 15 is 0 Å². The molecule has 92 valence electrons. The van der Waals surface area contributed by atoms with Gasteiger partial charge in [-0.2, -0.15) is 0 Å². The monoisotopic (exact) mass is 346 g/mol. The number of carbonyl (C=O) groups is 2. The number of rotatable bonds is 4. The van der Waals surface area contributed by atoms with E-state index in [1.54, 1.807) is 19.1 Å². The fourth-order valence-corrected chi connectivity index (χ4v) is 1.85. The summed E-state index contributed by atoms with van der Waals surface area (Å²) < 4.78 is 0.987. The number of hydrogen-bond acceptors (Lipinski definition) is 2. The second-order valence-electron chi connectivity index (χ2n) is 3.60. The first kappa shape index (κ1) is 14.0. The Labute approximate surface area is 114 Å². The fourth-order valence-electron chi connectivity index (χ4n) is 1.30. The summed E-state index contributed by atoms with van der Waals surface area (Å²) in [6.07, 6.45) is 0. The molecular formula is C12H15IN2O2. The van der Waals surface area contributed by atoms with Gasteiger partial charge < -0.3 is 10.6 Å². The molecule has 0 spiro atoms. The Morgan fingerprint density at radius 3 is 2.71 bits per heavy atom. The summed E-state index contributed by atoms with van der Waals surface area (Å²) in [6.45, 7) is 4.06. The Morgan fingerprint density at radius 2 is 2.12 bits per heavy atom. The minimum Gasteiger partial charge on any atom is -0.355 e. The Balaban J connectivity index is 2.63. The molecule has 0 saturated carbocycles. The summed E-state index contributed by atoms with van der Waals surface area (Å²) in [5.41, 5.74) is 0.563. The van der Waals surface area contributed by atoms with Crippen LogP contribution in [0.3, 0.4) is 0 Å². The van der Waals surface area contributed by atoms with Crippen LogP contribution in [0.2, 0.25) is 0 Å². The smallest absolute Gasteiger partial charge is 0.251 e. The number of amides is 2. The zero-order chi connectivity index (χ0) is 12.8. The molecule has 0 aliphatic carbocycles. The van der Waals surface area contributed by atoms with Crippen LogP contribution in [0.15, 0.2) is 24.3 Å². The Hall–Kier alpha value is -1.11. The van der Waals surface area contributed by atoms with Gasteiger partial charge in [0.25, 0.3) is 5.91 Å². The number of hydrogen-bond donors (Lipinski definition) is 2. The number of nitrogens with one attached hydrogen (secondary N) is 2.